The molecule has 1 heteroatoms. The van der Waals surface area contributed by atoms with Crippen LogP contribution in [-0.2, 0) is 26.2 Å². The Morgan fingerprint density at radius 1 is 0.652 bits per heavy atom. The van der Waals surface area contributed by atoms with Crippen LogP contribution in [0.4, 0.5) is 0 Å². The van der Waals surface area contributed by atoms with Crippen LogP contribution in [0.3, 0.4) is 0 Å². The summed E-state index contributed by atoms with van der Waals surface area (Å²) in [7, 11) is 0. The summed E-state index contributed by atoms with van der Waals surface area (Å²) in [5.74, 6) is 0. The molecule has 0 spiro atoms. The third-order valence-electron chi connectivity index (χ3n) is 3.92. The molecule has 0 N–H and O–H groups in total. The van der Waals surface area contributed by atoms with Gasteiger partial charge in [-0.25, -0.2) is 24.3 Å². The molecular formula is C22H31Zr-5. The average Bonchev–Trinajstić information content (AvgIpc) is 3.22. The first-order valence-corrected chi connectivity index (χ1v) is 7.08. The fourth-order valence-electron chi connectivity index (χ4n) is 2.05. The molecule has 23 heavy (non-hydrogen) atoms. The van der Waals surface area contributed by atoms with Crippen molar-refractivity contribution >= 4 is 0 Å². The van der Waals surface area contributed by atoms with E-state index in [-0.39, 0.29) is 41.1 Å². The summed E-state index contributed by atoms with van der Waals surface area (Å²) >= 11 is 0. The molecule has 3 rings (SSSR count). The van der Waals surface area contributed by atoms with Gasteiger partial charge in [0.05, 0.1) is 0 Å². The van der Waals surface area contributed by atoms with Gasteiger partial charge in [0.15, 0.2) is 0 Å². The molecule has 0 nitrogen and oxygen atoms in total. The predicted molar refractivity (Wildman–Crippen MR) is 103 cm³/mol. The van der Waals surface area contributed by atoms with Crippen LogP contribution in [0.2, 0.25) is 0 Å². The van der Waals surface area contributed by atoms with Gasteiger partial charge < -0.3 is 14.9 Å². The molecule has 0 aliphatic rings. The first kappa shape index (κ1) is 26.8. The van der Waals surface area contributed by atoms with Crippen LogP contribution in [0.5, 0.6) is 0 Å². The zero-order valence-electron chi connectivity index (χ0n) is 15.8. The molecule has 0 saturated carbocycles. The predicted octanol–water partition coefficient (Wildman–Crippen LogP) is 6.66. The molecular weight excluding hydrogens is 355 g/mol. The van der Waals surface area contributed by atoms with Gasteiger partial charge in [-0.2, -0.15) is 64.2 Å². The van der Waals surface area contributed by atoms with E-state index in [1.807, 2.05) is 60.7 Å². The molecule has 0 amide bonds. The standard InChI is InChI=1S/C10H15.2C5H5.2CH3.Zr/c1-6-7(2)9(4)10(5)8(6)3;2*1-2-4-5-3-1;;;/h1-5H3;2*1-5H;2*1H3;/q5*-1;. The minimum Gasteiger partial charge on any atom is -0.358 e. The topological polar surface area (TPSA) is 0 Å². The van der Waals surface area contributed by atoms with E-state index < -0.39 is 0 Å². The van der Waals surface area contributed by atoms with Crippen molar-refractivity contribution in [2.75, 3.05) is 0 Å². The minimum absolute atomic E-state index is 0. The Kier molecular flexibility index (Phi) is 16.9. The molecule has 0 aliphatic carbocycles. The number of hydrogen-bond donors (Lipinski definition) is 0. The van der Waals surface area contributed by atoms with E-state index in [9.17, 15) is 0 Å². The second-order valence-electron chi connectivity index (χ2n) is 5.05. The average molecular weight is 387 g/mol. The maximum atomic E-state index is 2.20. The van der Waals surface area contributed by atoms with Crippen molar-refractivity contribution < 1.29 is 26.2 Å². The summed E-state index contributed by atoms with van der Waals surface area (Å²) in [5.41, 5.74) is 7.34. The van der Waals surface area contributed by atoms with E-state index >= 15 is 0 Å². The third-order valence-corrected chi connectivity index (χ3v) is 3.92. The van der Waals surface area contributed by atoms with Crippen molar-refractivity contribution in [3.63, 3.8) is 0 Å². The van der Waals surface area contributed by atoms with E-state index in [1.165, 1.54) is 27.8 Å². The largest absolute Gasteiger partial charge is 0.358 e. The van der Waals surface area contributed by atoms with Crippen LogP contribution in [0.1, 0.15) is 27.8 Å². The van der Waals surface area contributed by atoms with Crippen molar-refractivity contribution in [1.82, 2.24) is 0 Å². The van der Waals surface area contributed by atoms with Crippen molar-refractivity contribution in [3.05, 3.63) is 103 Å². The van der Waals surface area contributed by atoms with Crippen LogP contribution in [-0.4, -0.2) is 0 Å². The number of rotatable bonds is 0. The molecule has 0 radical (unpaired) electrons. The first-order valence-electron chi connectivity index (χ1n) is 7.08. The van der Waals surface area contributed by atoms with Crippen molar-refractivity contribution in [2.45, 2.75) is 34.6 Å². The van der Waals surface area contributed by atoms with Gasteiger partial charge >= 0.3 is 0 Å². The van der Waals surface area contributed by atoms with Gasteiger partial charge in [0.1, 0.15) is 0 Å². The van der Waals surface area contributed by atoms with Crippen LogP contribution in [0, 0.1) is 49.5 Å². The smallest absolute Gasteiger partial charge is 0 e. The van der Waals surface area contributed by atoms with E-state index in [0.29, 0.717) is 0 Å². The normalized spacial score (nSPS) is 8.04. The Labute approximate surface area is 163 Å². The Morgan fingerprint density at radius 2 is 0.913 bits per heavy atom. The molecule has 0 aromatic heterocycles. The molecule has 0 bridgehead atoms. The van der Waals surface area contributed by atoms with Crippen LogP contribution >= 0.6 is 0 Å². The zero-order valence-corrected chi connectivity index (χ0v) is 18.2. The monoisotopic (exact) mass is 385 g/mol. The fourth-order valence-corrected chi connectivity index (χ4v) is 2.05. The maximum absolute atomic E-state index is 2.20. The van der Waals surface area contributed by atoms with Gasteiger partial charge in [0, 0.05) is 26.2 Å². The summed E-state index contributed by atoms with van der Waals surface area (Å²) in [5, 5.41) is 0. The molecule has 0 fully saturated rings. The second-order valence-corrected chi connectivity index (χ2v) is 5.05. The van der Waals surface area contributed by atoms with Crippen molar-refractivity contribution in [1.29, 1.82) is 0 Å². The van der Waals surface area contributed by atoms with Gasteiger partial charge in [0.25, 0.3) is 0 Å². The Bertz CT molecular complexity index is 425. The molecule has 0 atom stereocenters. The molecule has 0 unspecified atom stereocenters. The van der Waals surface area contributed by atoms with Gasteiger partial charge in [0.2, 0.25) is 0 Å². The summed E-state index contributed by atoms with van der Waals surface area (Å²) < 4.78 is 0. The summed E-state index contributed by atoms with van der Waals surface area (Å²) in [4.78, 5) is 0. The van der Waals surface area contributed by atoms with Crippen molar-refractivity contribution in [2.24, 2.45) is 0 Å². The molecule has 3 aromatic carbocycles. The van der Waals surface area contributed by atoms with Crippen LogP contribution in [0.25, 0.3) is 0 Å². The molecule has 3 aromatic rings. The van der Waals surface area contributed by atoms with Crippen LogP contribution < -0.4 is 0 Å². The minimum atomic E-state index is 0. The Balaban J connectivity index is -0.000000265. The molecule has 0 heterocycles. The van der Waals surface area contributed by atoms with E-state index in [4.69, 9.17) is 0 Å². The van der Waals surface area contributed by atoms with Crippen molar-refractivity contribution in [3.8, 4) is 0 Å². The summed E-state index contributed by atoms with van der Waals surface area (Å²) in [6.45, 7) is 11.0. The number of hydrogen-bond acceptors (Lipinski definition) is 0. The van der Waals surface area contributed by atoms with Gasteiger partial charge in [-0.3, -0.25) is 0 Å². The Morgan fingerprint density at radius 3 is 1.00 bits per heavy atom. The fraction of sp³-hybridized carbons (Fsp3) is 0.227. The Hall–Kier alpha value is -1.07. The maximum Gasteiger partial charge on any atom is 0 e. The van der Waals surface area contributed by atoms with E-state index in [0.717, 1.165) is 0 Å². The van der Waals surface area contributed by atoms with Gasteiger partial charge in [-0.15, -0.1) is 0 Å². The summed E-state index contributed by atoms with van der Waals surface area (Å²) in [6, 6.07) is 20.0. The molecule has 128 valence electrons. The second kappa shape index (κ2) is 14.5. The SMILES string of the molecule is Cc1c(C)c(C)[c-](C)c1C.[CH3-].[CH3-].[Zr].c1cc[cH-]c1.c1cc[cH-]c1. The third kappa shape index (κ3) is 8.96. The quantitative estimate of drug-likeness (QED) is 0.379. The van der Waals surface area contributed by atoms with E-state index in [2.05, 4.69) is 34.6 Å². The molecule has 0 aliphatic heterocycles. The zero-order chi connectivity index (χ0) is 15.0. The summed E-state index contributed by atoms with van der Waals surface area (Å²) in [6.07, 6.45) is 0. The van der Waals surface area contributed by atoms with Crippen LogP contribution in [0.15, 0.2) is 60.7 Å². The molecule has 0 saturated heterocycles. The van der Waals surface area contributed by atoms with E-state index in [1.54, 1.807) is 0 Å². The van der Waals surface area contributed by atoms with Gasteiger partial charge in [-0.05, 0) is 0 Å². The first-order chi connectivity index (χ1) is 9.55. The van der Waals surface area contributed by atoms with Gasteiger partial charge in [-0.1, -0.05) is 34.6 Å².